The van der Waals surface area contributed by atoms with Gasteiger partial charge in [0.2, 0.25) is 0 Å². The molecule has 28 heavy (non-hydrogen) atoms. The minimum atomic E-state index is -0.515. The van der Waals surface area contributed by atoms with E-state index in [2.05, 4.69) is 27.4 Å². The summed E-state index contributed by atoms with van der Waals surface area (Å²) in [7, 11) is 0. The minimum absolute atomic E-state index is 0.0354. The van der Waals surface area contributed by atoms with Crippen LogP contribution in [0.3, 0.4) is 0 Å². The van der Waals surface area contributed by atoms with Crippen LogP contribution in [-0.4, -0.2) is 41.0 Å². The normalized spacial score (nSPS) is 17.1. The van der Waals surface area contributed by atoms with Crippen molar-refractivity contribution in [1.82, 2.24) is 14.7 Å². The molecule has 0 spiro atoms. The summed E-state index contributed by atoms with van der Waals surface area (Å²) >= 11 is 0. The van der Waals surface area contributed by atoms with Crippen LogP contribution < -0.4 is 15.5 Å². The lowest BCUT2D eigenvalue weighted by molar-refractivity contribution is 0.102. The van der Waals surface area contributed by atoms with Gasteiger partial charge >= 0.3 is 0 Å². The fraction of sp³-hybridized carbons (Fsp3) is 0.333. The monoisotopic (exact) mass is 381 g/mol. The number of carbonyl (C=O) groups excluding carboxylic acids is 1. The van der Waals surface area contributed by atoms with E-state index in [1.165, 1.54) is 6.07 Å². The molecule has 0 aliphatic carbocycles. The van der Waals surface area contributed by atoms with Gasteiger partial charge in [-0.15, -0.1) is 0 Å². The summed E-state index contributed by atoms with van der Waals surface area (Å²) in [5.74, 6) is -0.976. The Bertz CT molecular complexity index is 1040. The zero-order chi connectivity index (χ0) is 19.8. The number of anilines is 2. The third-order valence-corrected chi connectivity index (χ3v) is 5.10. The number of nitrogens with one attached hydrogen (secondary N) is 2. The van der Waals surface area contributed by atoms with E-state index in [4.69, 9.17) is 0 Å². The summed E-state index contributed by atoms with van der Waals surface area (Å²) in [5, 5.41) is 6.19. The number of piperazine rings is 1. The molecule has 1 unspecified atom stereocenters. The topological polar surface area (TPSA) is 61.7 Å². The van der Waals surface area contributed by atoms with Gasteiger partial charge in [0.15, 0.2) is 0 Å². The lowest BCUT2D eigenvalue weighted by Gasteiger charge is -2.33. The van der Waals surface area contributed by atoms with Crippen molar-refractivity contribution in [2.24, 2.45) is 0 Å². The molecule has 7 heteroatoms. The van der Waals surface area contributed by atoms with E-state index in [1.807, 2.05) is 36.6 Å². The van der Waals surface area contributed by atoms with Crippen molar-refractivity contribution < 1.29 is 9.18 Å². The minimum Gasteiger partial charge on any atom is -0.369 e. The Hall–Kier alpha value is -2.93. The molecular weight excluding hydrogens is 357 g/mol. The van der Waals surface area contributed by atoms with E-state index in [9.17, 15) is 9.18 Å². The van der Waals surface area contributed by atoms with Crippen molar-refractivity contribution in [3.05, 3.63) is 59.3 Å². The maximum atomic E-state index is 14.7. The molecule has 1 fully saturated rings. The standard InChI is InChI=1S/C21H24FN5O/c1-13-8-20-24-15(3)11-27(20)12-19(13)25-21(28)17-5-4-16(9-18(17)22)26-7-6-23-14(2)10-26/h4-5,8-9,11-12,14,23H,6-7,10H2,1-3H3,(H,25,28). The fourth-order valence-electron chi connectivity index (χ4n) is 3.63. The van der Waals surface area contributed by atoms with Gasteiger partial charge < -0.3 is 19.9 Å². The van der Waals surface area contributed by atoms with Crippen LogP contribution in [0.1, 0.15) is 28.5 Å². The highest BCUT2D eigenvalue weighted by molar-refractivity contribution is 6.05. The molecule has 1 aliphatic rings. The lowest BCUT2D eigenvalue weighted by Crippen LogP contribution is -2.49. The first-order chi connectivity index (χ1) is 13.4. The number of aryl methyl sites for hydroxylation is 2. The van der Waals surface area contributed by atoms with Crippen molar-refractivity contribution in [3.63, 3.8) is 0 Å². The van der Waals surface area contributed by atoms with Crippen LogP contribution in [0.5, 0.6) is 0 Å². The number of pyridine rings is 1. The number of imidazole rings is 1. The molecule has 0 saturated carbocycles. The predicted octanol–water partition coefficient (Wildman–Crippen LogP) is 3.14. The third kappa shape index (κ3) is 3.57. The van der Waals surface area contributed by atoms with Crippen molar-refractivity contribution in [3.8, 4) is 0 Å². The number of carbonyl (C=O) groups is 1. The van der Waals surface area contributed by atoms with Crippen LogP contribution in [-0.2, 0) is 0 Å². The maximum absolute atomic E-state index is 14.7. The highest BCUT2D eigenvalue weighted by Crippen LogP contribution is 2.23. The van der Waals surface area contributed by atoms with E-state index in [0.717, 1.165) is 42.2 Å². The Balaban J connectivity index is 1.55. The molecule has 1 amide bonds. The maximum Gasteiger partial charge on any atom is 0.258 e. The van der Waals surface area contributed by atoms with Gasteiger partial charge in [-0.3, -0.25) is 4.79 Å². The van der Waals surface area contributed by atoms with E-state index in [-0.39, 0.29) is 5.56 Å². The molecule has 3 heterocycles. The van der Waals surface area contributed by atoms with Crippen LogP contribution in [0.15, 0.2) is 36.7 Å². The molecule has 146 valence electrons. The Morgan fingerprint density at radius 1 is 1.29 bits per heavy atom. The number of fused-ring (bicyclic) bond motifs is 1. The quantitative estimate of drug-likeness (QED) is 0.732. The van der Waals surface area contributed by atoms with Crippen LogP contribution >= 0.6 is 0 Å². The average molecular weight is 381 g/mol. The summed E-state index contributed by atoms with van der Waals surface area (Å²) in [6, 6.07) is 7.06. The van der Waals surface area contributed by atoms with Crippen LogP contribution in [0.4, 0.5) is 15.8 Å². The number of halogens is 1. The first-order valence-electron chi connectivity index (χ1n) is 9.46. The van der Waals surface area contributed by atoms with Crippen LogP contribution in [0.25, 0.3) is 5.65 Å². The van der Waals surface area contributed by atoms with Gasteiger partial charge in [-0.2, -0.15) is 0 Å². The molecule has 3 aromatic rings. The fourth-order valence-corrected chi connectivity index (χ4v) is 3.63. The zero-order valence-corrected chi connectivity index (χ0v) is 16.3. The molecule has 2 N–H and O–H groups in total. The van der Waals surface area contributed by atoms with Crippen molar-refractivity contribution in [2.45, 2.75) is 26.8 Å². The lowest BCUT2D eigenvalue weighted by atomic mass is 10.1. The van der Waals surface area contributed by atoms with Gasteiger partial charge in [0.25, 0.3) is 5.91 Å². The molecule has 0 radical (unpaired) electrons. The number of hydrogen-bond donors (Lipinski definition) is 2. The van der Waals surface area contributed by atoms with Crippen molar-refractivity contribution in [1.29, 1.82) is 0 Å². The van der Waals surface area contributed by atoms with Gasteiger partial charge in [0.1, 0.15) is 11.5 Å². The number of amides is 1. The second-order valence-electron chi connectivity index (χ2n) is 7.44. The van der Waals surface area contributed by atoms with Gasteiger partial charge in [0, 0.05) is 43.8 Å². The summed E-state index contributed by atoms with van der Waals surface area (Å²) in [5.41, 5.74) is 4.05. The first-order valence-corrected chi connectivity index (χ1v) is 9.46. The van der Waals surface area contributed by atoms with Gasteiger partial charge in [-0.25, -0.2) is 9.37 Å². The Morgan fingerprint density at radius 3 is 2.86 bits per heavy atom. The number of rotatable bonds is 3. The van der Waals surface area contributed by atoms with Crippen LogP contribution in [0.2, 0.25) is 0 Å². The number of aromatic nitrogens is 2. The molecule has 1 aliphatic heterocycles. The predicted molar refractivity (Wildman–Crippen MR) is 109 cm³/mol. The molecule has 1 aromatic carbocycles. The number of hydrogen-bond acceptors (Lipinski definition) is 4. The van der Waals surface area contributed by atoms with E-state index < -0.39 is 11.7 Å². The smallest absolute Gasteiger partial charge is 0.258 e. The average Bonchev–Trinajstić information content (AvgIpc) is 3.00. The van der Waals surface area contributed by atoms with Gasteiger partial charge in [0.05, 0.1) is 16.9 Å². The summed E-state index contributed by atoms with van der Waals surface area (Å²) in [6.07, 6.45) is 3.69. The van der Waals surface area contributed by atoms with E-state index >= 15 is 0 Å². The van der Waals surface area contributed by atoms with Gasteiger partial charge in [-0.05, 0) is 50.6 Å². The zero-order valence-electron chi connectivity index (χ0n) is 16.3. The largest absolute Gasteiger partial charge is 0.369 e. The highest BCUT2D eigenvalue weighted by atomic mass is 19.1. The molecule has 6 nitrogen and oxygen atoms in total. The summed E-state index contributed by atoms with van der Waals surface area (Å²) in [6.45, 7) is 8.40. The first kappa shape index (κ1) is 18.4. The van der Waals surface area contributed by atoms with Crippen molar-refractivity contribution in [2.75, 3.05) is 29.9 Å². The van der Waals surface area contributed by atoms with E-state index in [0.29, 0.717) is 11.7 Å². The van der Waals surface area contributed by atoms with Gasteiger partial charge in [-0.1, -0.05) is 0 Å². The molecule has 1 atom stereocenters. The van der Waals surface area contributed by atoms with E-state index in [1.54, 1.807) is 12.3 Å². The summed E-state index contributed by atoms with van der Waals surface area (Å²) < 4.78 is 16.5. The molecule has 4 rings (SSSR count). The number of nitrogens with zero attached hydrogens (tertiary/aromatic N) is 3. The van der Waals surface area contributed by atoms with Crippen molar-refractivity contribution >= 4 is 22.9 Å². The SMILES string of the molecule is Cc1cn2cc(NC(=O)c3ccc(N4CCNC(C)C4)cc3F)c(C)cc2n1. The molecule has 1 saturated heterocycles. The molecule has 0 bridgehead atoms. The Kier molecular flexibility index (Phi) is 4.77. The third-order valence-electron chi connectivity index (χ3n) is 5.10. The molecule has 2 aromatic heterocycles. The second kappa shape index (κ2) is 7.24. The Labute approximate surface area is 163 Å². The van der Waals surface area contributed by atoms with Crippen LogP contribution in [0, 0.1) is 19.7 Å². The summed E-state index contributed by atoms with van der Waals surface area (Å²) in [4.78, 5) is 19.2. The second-order valence-corrected chi connectivity index (χ2v) is 7.44. The number of benzene rings is 1. The highest BCUT2D eigenvalue weighted by Gasteiger charge is 2.19. The Morgan fingerprint density at radius 2 is 2.11 bits per heavy atom. The molecular formula is C21H24FN5O.